The Morgan fingerprint density at radius 1 is 1.25 bits per heavy atom. The summed E-state index contributed by atoms with van der Waals surface area (Å²) >= 11 is 5.86. The van der Waals surface area contributed by atoms with Crippen LogP contribution in [0.4, 0.5) is 11.5 Å². The fraction of sp³-hybridized carbons (Fsp3) is 0.200. The molecular weight excluding hydrogens is 274 g/mol. The van der Waals surface area contributed by atoms with Gasteiger partial charge in [-0.2, -0.15) is 0 Å². The normalized spacial score (nSPS) is 17.1. The molecule has 1 aliphatic rings. The number of carbonyl (C=O) groups excluding carboxylic acids is 1. The summed E-state index contributed by atoms with van der Waals surface area (Å²) in [5, 5.41) is 6.51. The second-order valence-corrected chi connectivity index (χ2v) is 5.20. The molecule has 1 atom stereocenters. The van der Waals surface area contributed by atoms with Crippen molar-refractivity contribution in [1.82, 2.24) is 4.98 Å². The lowest BCUT2D eigenvalue weighted by molar-refractivity contribution is -0.117. The number of pyridine rings is 1. The van der Waals surface area contributed by atoms with Crippen LogP contribution in [-0.2, 0) is 11.2 Å². The van der Waals surface area contributed by atoms with E-state index >= 15 is 0 Å². The van der Waals surface area contributed by atoms with Gasteiger partial charge in [0.25, 0.3) is 0 Å². The van der Waals surface area contributed by atoms with Gasteiger partial charge in [0.15, 0.2) is 5.82 Å². The Hall–Kier alpha value is -2.07. The number of benzene rings is 1. The SMILES string of the molecule is O=C1Nc2cc(Cl)cnc2NC1CCc1ccccc1. The number of amides is 1. The zero-order chi connectivity index (χ0) is 13.9. The third-order valence-corrected chi connectivity index (χ3v) is 3.51. The topological polar surface area (TPSA) is 54.0 Å². The lowest BCUT2D eigenvalue weighted by Gasteiger charge is -2.25. The number of hydrogen-bond acceptors (Lipinski definition) is 3. The van der Waals surface area contributed by atoms with Crippen LogP contribution in [0.15, 0.2) is 42.6 Å². The lowest BCUT2D eigenvalue weighted by atomic mass is 10.0. The first-order valence-corrected chi connectivity index (χ1v) is 6.87. The van der Waals surface area contributed by atoms with Gasteiger partial charge in [0.2, 0.25) is 5.91 Å². The maximum Gasteiger partial charge on any atom is 0.247 e. The Morgan fingerprint density at radius 3 is 2.85 bits per heavy atom. The van der Waals surface area contributed by atoms with Gasteiger partial charge in [-0.25, -0.2) is 4.98 Å². The van der Waals surface area contributed by atoms with Crippen molar-refractivity contribution < 1.29 is 4.79 Å². The Kier molecular flexibility index (Phi) is 3.56. The number of halogens is 1. The van der Waals surface area contributed by atoms with Crippen molar-refractivity contribution in [3.05, 3.63) is 53.2 Å². The van der Waals surface area contributed by atoms with Crippen LogP contribution in [0.25, 0.3) is 0 Å². The lowest BCUT2D eigenvalue weighted by Crippen LogP contribution is -2.39. The molecule has 1 aromatic heterocycles. The molecule has 2 heterocycles. The van der Waals surface area contributed by atoms with Crippen LogP contribution < -0.4 is 10.6 Å². The minimum atomic E-state index is -0.267. The average molecular weight is 288 g/mol. The maximum atomic E-state index is 12.0. The predicted octanol–water partition coefficient (Wildman–Crippen LogP) is 3.10. The summed E-state index contributed by atoms with van der Waals surface area (Å²) in [6.45, 7) is 0. The molecule has 5 heteroatoms. The molecule has 0 radical (unpaired) electrons. The van der Waals surface area contributed by atoms with Gasteiger partial charge in [-0.15, -0.1) is 0 Å². The Morgan fingerprint density at radius 2 is 2.05 bits per heavy atom. The molecule has 3 rings (SSSR count). The number of fused-ring (bicyclic) bond motifs is 1. The van der Waals surface area contributed by atoms with Crippen molar-refractivity contribution in [3.8, 4) is 0 Å². The number of aryl methyl sites for hydroxylation is 1. The Bertz CT molecular complexity index is 630. The van der Waals surface area contributed by atoms with Gasteiger partial charge in [-0.3, -0.25) is 4.79 Å². The molecule has 0 aliphatic carbocycles. The van der Waals surface area contributed by atoms with E-state index in [0.29, 0.717) is 16.5 Å². The summed E-state index contributed by atoms with van der Waals surface area (Å²) in [5.74, 6) is 0.629. The first-order chi connectivity index (χ1) is 9.72. The van der Waals surface area contributed by atoms with Gasteiger partial charge in [-0.05, 0) is 24.5 Å². The zero-order valence-corrected chi connectivity index (χ0v) is 11.5. The fourth-order valence-electron chi connectivity index (χ4n) is 2.26. The molecule has 0 spiro atoms. The summed E-state index contributed by atoms with van der Waals surface area (Å²) in [6.07, 6.45) is 3.13. The number of nitrogens with zero attached hydrogens (tertiary/aromatic N) is 1. The molecule has 4 nitrogen and oxygen atoms in total. The quantitative estimate of drug-likeness (QED) is 0.912. The van der Waals surface area contributed by atoms with Gasteiger partial charge < -0.3 is 10.6 Å². The van der Waals surface area contributed by atoms with Crippen molar-refractivity contribution in [2.45, 2.75) is 18.9 Å². The van der Waals surface area contributed by atoms with E-state index in [1.54, 1.807) is 12.3 Å². The zero-order valence-electron chi connectivity index (χ0n) is 10.8. The third-order valence-electron chi connectivity index (χ3n) is 3.30. The van der Waals surface area contributed by atoms with Gasteiger partial charge in [-0.1, -0.05) is 41.9 Å². The highest BCUT2D eigenvalue weighted by molar-refractivity contribution is 6.31. The first-order valence-electron chi connectivity index (χ1n) is 6.49. The van der Waals surface area contributed by atoms with Gasteiger partial charge in [0.05, 0.1) is 10.7 Å². The molecule has 1 unspecified atom stereocenters. The van der Waals surface area contributed by atoms with Crippen molar-refractivity contribution in [1.29, 1.82) is 0 Å². The Labute approximate surface area is 122 Å². The van der Waals surface area contributed by atoms with E-state index in [1.807, 2.05) is 18.2 Å². The number of rotatable bonds is 3. The minimum Gasteiger partial charge on any atom is -0.357 e. The third kappa shape index (κ3) is 2.75. The standard InChI is InChI=1S/C15H14ClN3O/c16-11-8-13-14(17-9-11)18-12(15(20)19-13)7-6-10-4-2-1-3-5-10/h1-5,8-9,12H,6-7H2,(H,17,18)(H,19,20). The summed E-state index contributed by atoms with van der Waals surface area (Å²) in [6, 6.07) is 11.5. The minimum absolute atomic E-state index is 0.0440. The highest BCUT2D eigenvalue weighted by Crippen LogP contribution is 2.27. The fourth-order valence-corrected chi connectivity index (χ4v) is 2.42. The van der Waals surface area contributed by atoms with E-state index in [-0.39, 0.29) is 11.9 Å². The molecule has 0 saturated heterocycles. The monoisotopic (exact) mass is 287 g/mol. The average Bonchev–Trinajstić information content (AvgIpc) is 2.46. The van der Waals surface area contributed by atoms with Crippen LogP contribution >= 0.6 is 11.6 Å². The molecule has 1 amide bonds. The molecule has 0 saturated carbocycles. The van der Waals surface area contributed by atoms with Crippen LogP contribution in [0.2, 0.25) is 5.02 Å². The van der Waals surface area contributed by atoms with Crippen LogP contribution in [-0.4, -0.2) is 16.9 Å². The van der Waals surface area contributed by atoms with Crippen molar-refractivity contribution >= 4 is 29.0 Å². The van der Waals surface area contributed by atoms with Crippen molar-refractivity contribution in [2.24, 2.45) is 0 Å². The summed E-state index contributed by atoms with van der Waals surface area (Å²) in [5.41, 5.74) is 1.86. The molecule has 1 aliphatic heterocycles. The van der Waals surface area contributed by atoms with Crippen LogP contribution in [0.3, 0.4) is 0 Å². The van der Waals surface area contributed by atoms with E-state index < -0.39 is 0 Å². The molecule has 0 bridgehead atoms. The molecule has 1 aromatic carbocycles. The number of nitrogens with one attached hydrogen (secondary N) is 2. The molecule has 20 heavy (non-hydrogen) atoms. The number of anilines is 2. The molecule has 0 fully saturated rings. The van der Waals surface area contributed by atoms with Crippen molar-refractivity contribution in [2.75, 3.05) is 10.6 Å². The Balaban J connectivity index is 1.70. The largest absolute Gasteiger partial charge is 0.357 e. The smallest absolute Gasteiger partial charge is 0.247 e. The number of aromatic nitrogens is 1. The molecule has 2 N–H and O–H groups in total. The maximum absolute atomic E-state index is 12.0. The molecule has 2 aromatic rings. The van der Waals surface area contributed by atoms with Crippen LogP contribution in [0.5, 0.6) is 0 Å². The van der Waals surface area contributed by atoms with E-state index in [1.165, 1.54) is 5.56 Å². The highest BCUT2D eigenvalue weighted by atomic mass is 35.5. The number of hydrogen-bond donors (Lipinski definition) is 2. The summed E-state index contributed by atoms with van der Waals surface area (Å²) in [7, 11) is 0. The highest BCUT2D eigenvalue weighted by Gasteiger charge is 2.25. The second kappa shape index (κ2) is 5.51. The summed E-state index contributed by atoms with van der Waals surface area (Å²) < 4.78 is 0. The summed E-state index contributed by atoms with van der Waals surface area (Å²) in [4.78, 5) is 16.2. The van der Waals surface area contributed by atoms with Gasteiger partial charge in [0.1, 0.15) is 6.04 Å². The first kappa shape index (κ1) is 12.9. The van der Waals surface area contributed by atoms with E-state index in [0.717, 1.165) is 12.8 Å². The molecule has 102 valence electrons. The molecular formula is C15H14ClN3O. The van der Waals surface area contributed by atoms with Crippen molar-refractivity contribution in [3.63, 3.8) is 0 Å². The second-order valence-electron chi connectivity index (χ2n) is 4.76. The predicted molar refractivity (Wildman–Crippen MR) is 80.1 cm³/mol. The van der Waals surface area contributed by atoms with Gasteiger partial charge >= 0.3 is 0 Å². The van der Waals surface area contributed by atoms with Gasteiger partial charge in [0, 0.05) is 6.20 Å². The van der Waals surface area contributed by atoms with Crippen LogP contribution in [0.1, 0.15) is 12.0 Å². The van der Waals surface area contributed by atoms with E-state index in [4.69, 9.17) is 11.6 Å². The van der Waals surface area contributed by atoms with E-state index in [9.17, 15) is 4.79 Å². The van der Waals surface area contributed by atoms with Crippen LogP contribution in [0, 0.1) is 0 Å². The van der Waals surface area contributed by atoms with E-state index in [2.05, 4.69) is 27.8 Å². The number of carbonyl (C=O) groups is 1.